The number of benzene rings is 1. The summed E-state index contributed by atoms with van der Waals surface area (Å²) >= 11 is 0. The number of aliphatic carboxylic acids is 1. The predicted octanol–water partition coefficient (Wildman–Crippen LogP) is 2.85. The predicted molar refractivity (Wildman–Crippen MR) is 75.2 cm³/mol. The van der Waals surface area contributed by atoms with Gasteiger partial charge in [0.15, 0.2) is 0 Å². The van der Waals surface area contributed by atoms with E-state index in [2.05, 4.69) is 0 Å². The second-order valence-electron chi connectivity index (χ2n) is 4.93. The summed E-state index contributed by atoms with van der Waals surface area (Å²) in [5.74, 6) is -0.882. The van der Waals surface area contributed by atoms with Crippen LogP contribution >= 0.6 is 0 Å². The van der Waals surface area contributed by atoms with Gasteiger partial charge in [-0.2, -0.15) is 0 Å². The first-order valence-corrected chi connectivity index (χ1v) is 6.52. The summed E-state index contributed by atoms with van der Waals surface area (Å²) in [6.45, 7) is 5.67. The van der Waals surface area contributed by atoms with Gasteiger partial charge in [0.2, 0.25) is 5.91 Å². The first kappa shape index (κ1) is 15.2. The Morgan fingerprint density at radius 1 is 1.26 bits per heavy atom. The zero-order chi connectivity index (χ0) is 14.4. The van der Waals surface area contributed by atoms with Gasteiger partial charge in [0, 0.05) is 12.1 Å². The Kier molecular flexibility index (Phi) is 5.55. The average Bonchev–Trinajstić information content (AvgIpc) is 2.36. The molecule has 1 N–H and O–H groups in total. The smallest absolute Gasteiger partial charge is 0.323 e. The molecule has 1 rings (SSSR count). The highest BCUT2D eigenvalue weighted by molar-refractivity contribution is 5.97. The summed E-state index contributed by atoms with van der Waals surface area (Å²) in [6, 6.07) is 7.32. The van der Waals surface area contributed by atoms with Crippen molar-refractivity contribution < 1.29 is 14.7 Å². The van der Waals surface area contributed by atoms with Crippen LogP contribution in [-0.2, 0) is 9.59 Å². The van der Waals surface area contributed by atoms with E-state index in [1.807, 2.05) is 32.9 Å². The van der Waals surface area contributed by atoms with Gasteiger partial charge < -0.3 is 10.0 Å². The molecule has 19 heavy (non-hydrogen) atoms. The summed E-state index contributed by atoms with van der Waals surface area (Å²) in [7, 11) is 0. The van der Waals surface area contributed by atoms with Crippen LogP contribution in [-0.4, -0.2) is 23.5 Å². The van der Waals surface area contributed by atoms with Crippen molar-refractivity contribution in [2.75, 3.05) is 11.4 Å². The van der Waals surface area contributed by atoms with Crippen LogP contribution in [0.3, 0.4) is 0 Å². The van der Waals surface area contributed by atoms with Crippen molar-refractivity contribution in [2.45, 2.75) is 33.6 Å². The molecule has 0 spiro atoms. The zero-order valence-electron chi connectivity index (χ0n) is 11.7. The molecule has 0 heterocycles. The Hall–Kier alpha value is -1.84. The van der Waals surface area contributed by atoms with Crippen LogP contribution in [0.2, 0.25) is 0 Å². The fourth-order valence-electron chi connectivity index (χ4n) is 1.74. The molecule has 0 fully saturated rings. The number of amides is 1. The van der Waals surface area contributed by atoms with Crippen molar-refractivity contribution >= 4 is 17.6 Å². The van der Waals surface area contributed by atoms with Gasteiger partial charge in [0.05, 0.1) is 0 Å². The summed E-state index contributed by atoms with van der Waals surface area (Å²) in [4.78, 5) is 24.5. The molecule has 0 aromatic heterocycles. The van der Waals surface area contributed by atoms with E-state index in [0.717, 1.165) is 12.0 Å². The third-order valence-corrected chi connectivity index (χ3v) is 3.16. The first-order chi connectivity index (χ1) is 8.93. The van der Waals surface area contributed by atoms with Gasteiger partial charge in [-0.15, -0.1) is 0 Å². The van der Waals surface area contributed by atoms with Crippen LogP contribution in [0.1, 0.15) is 32.3 Å². The van der Waals surface area contributed by atoms with Crippen molar-refractivity contribution in [3.8, 4) is 0 Å². The molecule has 0 bridgehead atoms. The number of nitrogens with zero attached hydrogens (tertiary/aromatic N) is 1. The van der Waals surface area contributed by atoms with Gasteiger partial charge in [0.25, 0.3) is 0 Å². The summed E-state index contributed by atoms with van der Waals surface area (Å²) < 4.78 is 0. The van der Waals surface area contributed by atoms with Gasteiger partial charge in [-0.05, 0) is 25.0 Å². The number of rotatable bonds is 6. The maximum atomic E-state index is 12.2. The second-order valence-corrected chi connectivity index (χ2v) is 4.93. The number of aryl methyl sites for hydroxylation is 1. The van der Waals surface area contributed by atoms with Crippen LogP contribution in [0.4, 0.5) is 5.69 Å². The maximum Gasteiger partial charge on any atom is 0.323 e. The molecule has 4 nitrogen and oxygen atoms in total. The van der Waals surface area contributed by atoms with E-state index in [0.29, 0.717) is 12.1 Å². The Labute approximate surface area is 114 Å². The minimum atomic E-state index is -1.00. The number of carbonyl (C=O) groups is 2. The fraction of sp³-hybridized carbons (Fsp3) is 0.467. The van der Waals surface area contributed by atoms with E-state index < -0.39 is 5.97 Å². The Balaban J connectivity index is 2.91. The normalized spacial score (nSPS) is 11.9. The highest BCUT2D eigenvalue weighted by Gasteiger charge is 2.20. The Bertz CT molecular complexity index is 439. The largest absolute Gasteiger partial charge is 0.480 e. The SMILES string of the molecule is CCC(C)CC(=O)N(CC(=O)O)c1ccc(C)cc1. The van der Waals surface area contributed by atoms with E-state index in [9.17, 15) is 9.59 Å². The van der Waals surface area contributed by atoms with Crippen molar-refractivity contribution in [1.29, 1.82) is 0 Å². The monoisotopic (exact) mass is 263 g/mol. The highest BCUT2D eigenvalue weighted by Crippen LogP contribution is 2.18. The minimum Gasteiger partial charge on any atom is -0.480 e. The molecule has 0 aliphatic carbocycles. The van der Waals surface area contributed by atoms with Crippen molar-refractivity contribution in [1.82, 2.24) is 0 Å². The quantitative estimate of drug-likeness (QED) is 0.858. The molecule has 1 unspecified atom stereocenters. The summed E-state index contributed by atoms with van der Waals surface area (Å²) in [6.07, 6.45) is 1.28. The fourth-order valence-corrected chi connectivity index (χ4v) is 1.74. The molecule has 0 saturated heterocycles. The van der Waals surface area contributed by atoms with Gasteiger partial charge >= 0.3 is 5.97 Å². The van der Waals surface area contributed by atoms with Crippen molar-refractivity contribution in [3.63, 3.8) is 0 Å². The molecule has 0 radical (unpaired) electrons. The molecule has 1 amide bonds. The molecule has 0 aliphatic heterocycles. The minimum absolute atomic E-state index is 0.138. The lowest BCUT2D eigenvalue weighted by molar-refractivity contribution is -0.136. The molecule has 1 aromatic rings. The third kappa shape index (κ3) is 4.73. The van der Waals surface area contributed by atoms with Crippen LogP contribution in [0.25, 0.3) is 0 Å². The van der Waals surface area contributed by atoms with E-state index in [-0.39, 0.29) is 18.4 Å². The van der Waals surface area contributed by atoms with Gasteiger partial charge in [-0.1, -0.05) is 38.0 Å². The average molecular weight is 263 g/mol. The molecule has 0 aliphatic rings. The van der Waals surface area contributed by atoms with Crippen LogP contribution in [0.15, 0.2) is 24.3 Å². The number of hydrogen-bond acceptors (Lipinski definition) is 2. The van der Waals surface area contributed by atoms with Crippen molar-refractivity contribution in [2.24, 2.45) is 5.92 Å². The summed E-state index contributed by atoms with van der Waals surface area (Å²) in [5, 5.41) is 8.95. The topological polar surface area (TPSA) is 57.6 Å². The lowest BCUT2D eigenvalue weighted by atomic mass is 10.0. The zero-order valence-corrected chi connectivity index (χ0v) is 11.7. The standard InChI is InChI=1S/C15H21NO3/c1-4-11(2)9-14(17)16(10-15(18)19)13-7-5-12(3)6-8-13/h5-8,11H,4,9-10H2,1-3H3,(H,18,19). The van der Waals surface area contributed by atoms with Crippen LogP contribution < -0.4 is 4.90 Å². The van der Waals surface area contributed by atoms with E-state index >= 15 is 0 Å². The number of anilines is 1. The lowest BCUT2D eigenvalue weighted by Gasteiger charge is -2.22. The van der Waals surface area contributed by atoms with E-state index in [1.54, 1.807) is 12.1 Å². The number of carboxylic acid groups (broad SMARTS) is 1. The molecule has 1 atom stereocenters. The van der Waals surface area contributed by atoms with E-state index in [1.165, 1.54) is 4.90 Å². The summed E-state index contributed by atoms with van der Waals surface area (Å²) in [5.41, 5.74) is 1.72. The lowest BCUT2D eigenvalue weighted by Crippen LogP contribution is -2.36. The van der Waals surface area contributed by atoms with Gasteiger partial charge in [-0.3, -0.25) is 9.59 Å². The molecule has 1 aromatic carbocycles. The Morgan fingerprint density at radius 2 is 1.84 bits per heavy atom. The molecular formula is C15H21NO3. The third-order valence-electron chi connectivity index (χ3n) is 3.16. The van der Waals surface area contributed by atoms with Gasteiger partial charge in [-0.25, -0.2) is 0 Å². The maximum absolute atomic E-state index is 12.2. The highest BCUT2D eigenvalue weighted by atomic mass is 16.4. The number of hydrogen-bond donors (Lipinski definition) is 1. The number of carbonyl (C=O) groups excluding carboxylic acids is 1. The Morgan fingerprint density at radius 3 is 2.32 bits per heavy atom. The van der Waals surface area contributed by atoms with Crippen LogP contribution in [0, 0.1) is 12.8 Å². The van der Waals surface area contributed by atoms with Crippen molar-refractivity contribution in [3.05, 3.63) is 29.8 Å². The second kappa shape index (κ2) is 6.92. The first-order valence-electron chi connectivity index (χ1n) is 6.52. The number of carboxylic acids is 1. The molecule has 104 valence electrons. The molecule has 4 heteroatoms. The molecule has 0 saturated carbocycles. The van der Waals surface area contributed by atoms with E-state index in [4.69, 9.17) is 5.11 Å². The van der Waals surface area contributed by atoms with Gasteiger partial charge in [0.1, 0.15) is 6.54 Å². The molecular weight excluding hydrogens is 242 g/mol. The van der Waals surface area contributed by atoms with Crippen LogP contribution in [0.5, 0.6) is 0 Å².